The van der Waals surface area contributed by atoms with E-state index in [9.17, 15) is 9.59 Å². The largest absolute Gasteiger partial charge is 0.465 e. The molecule has 5 rings (SSSR count). The molecule has 0 radical (unpaired) electrons. The lowest BCUT2D eigenvalue weighted by atomic mass is 9.85. The average molecular weight is 555 g/mol. The molecule has 0 unspecified atom stereocenters. The number of hydrogen-bond acceptors (Lipinski definition) is 5. The van der Waals surface area contributed by atoms with E-state index in [1.807, 2.05) is 36.4 Å². The molecule has 1 aliphatic rings. The number of hydrazone groups is 1. The Kier molecular flexibility index (Phi) is 7.14. The number of nitrogens with zero attached hydrogens (tertiary/aromatic N) is 1. The number of furan rings is 1. The molecule has 184 valence electrons. The molecule has 37 heavy (non-hydrogen) atoms. The van der Waals surface area contributed by atoms with Crippen molar-refractivity contribution >= 4 is 40.1 Å². The molecule has 0 aliphatic heterocycles. The number of halogens is 1. The fourth-order valence-corrected chi connectivity index (χ4v) is 4.87. The van der Waals surface area contributed by atoms with E-state index in [-0.39, 0.29) is 17.2 Å². The predicted molar refractivity (Wildman–Crippen MR) is 145 cm³/mol. The molecule has 0 bridgehead atoms. The van der Waals surface area contributed by atoms with Crippen LogP contribution in [0.2, 0.25) is 0 Å². The highest BCUT2D eigenvalue weighted by molar-refractivity contribution is 9.10. The Morgan fingerprint density at radius 1 is 0.973 bits per heavy atom. The third-order valence-corrected chi connectivity index (χ3v) is 6.84. The molecule has 1 amide bonds. The summed E-state index contributed by atoms with van der Waals surface area (Å²) in [4.78, 5) is 25.4. The second-order valence-electron chi connectivity index (χ2n) is 8.65. The van der Waals surface area contributed by atoms with Gasteiger partial charge in [-0.05, 0) is 54.0 Å². The molecular weight excluding hydrogens is 532 g/mol. The zero-order valence-electron chi connectivity index (χ0n) is 19.7. The van der Waals surface area contributed by atoms with Gasteiger partial charge in [-0.2, -0.15) is 5.10 Å². The first-order valence-electron chi connectivity index (χ1n) is 11.7. The van der Waals surface area contributed by atoms with Gasteiger partial charge in [-0.1, -0.05) is 76.6 Å². The van der Waals surface area contributed by atoms with Crippen molar-refractivity contribution in [3.05, 3.63) is 130 Å². The number of carbonyl (C=O) groups excluding carboxylic acids is 2. The number of ether oxygens (including phenoxy) is 1. The van der Waals surface area contributed by atoms with Gasteiger partial charge in [-0.15, -0.1) is 0 Å². The minimum Gasteiger partial charge on any atom is -0.465 e. The lowest BCUT2D eigenvalue weighted by molar-refractivity contribution is -0.129. The van der Waals surface area contributed by atoms with Crippen LogP contribution in [-0.4, -0.2) is 18.1 Å². The Bertz CT molecular complexity index is 1410. The molecule has 4 aromatic rings. The molecule has 1 aliphatic carbocycles. The molecule has 1 heterocycles. The quantitative estimate of drug-likeness (QED) is 0.0935. The van der Waals surface area contributed by atoms with Gasteiger partial charge < -0.3 is 9.15 Å². The summed E-state index contributed by atoms with van der Waals surface area (Å²) in [6, 6.07) is 28.8. The predicted octanol–water partition coefficient (Wildman–Crippen LogP) is 6.12. The van der Waals surface area contributed by atoms with Crippen LogP contribution < -0.4 is 10.2 Å². The van der Waals surface area contributed by atoms with Gasteiger partial charge in [0.25, 0.3) is 0 Å². The van der Waals surface area contributed by atoms with Crippen molar-refractivity contribution in [1.82, 2.24) is 5.43 Å². The molecule has 1 saturated carbocycles. The number of carbonyl (C=O) groups is 2. The summed E-state index contributed by atoms with van der Waals surface area (Å²) in [5.41, 5.74) is 5.04. The van der Waals surface area contributed by atoms with Crippen LogP contribution in [0.25, 0.3) is 6.08 Å². The van der Waals surface area contributed by atoms with Gasteiger partial charge in [0.2, 0.25) is 5.91 Å². The van der Waals surface area contributed by atoms with Crippen molar-refractivity contribution in [3.63, 3.8) is 0 Å². The monoisotopic (exact) mass is 554 g/mol. The number of nitrogens with one attached hydrogen (secondary N) is 1. The van der Waals surface area contributed by atoms with Crippen LogP contribution in [-0.2, 0) is 15.0 Å². The lowest BCUT2D eigenvalue weighted by Gasteiger charge is -2.18. The van der Waals surface area contributed by atoms with Gasteiger partial charge in [0.15, 0.2) is 0 Å². The van der Waals surface area contributed by atoms with Gasteiger partial charge >= 0.3 is 5.97 Å². The van der Waals surface area contributed by atoms with E-state index < -0.39 is 5.97 Å². The van der Waals surface area contributed by atoms with E-state index in [2.05, 4.69) is 50.7 Å². The number of amides is 1. The van der Waals surface area contributed by atoms with Crippen molar-refractivity contribution in [2.24, 2.45) is 11.0 Å². The molecule has 1 aromatic heterocycles. The van der Waals surface area contributed by atoms with Crippen LogP contribution in [0, 0.1) is 5.92 Å². The van der Waals surface area contributed by atoms with Crippen LogP contribution in [0.15, 0.2) is 117 Å². The highest BCUT2D eigenvalue weighted by Crippen LogP contribution is 2.58. The van der Waals surface area contributed by atoms with Crippen molar-refractivity contribution in [2.75, 3.05) is 0 Å². The fourth-order valence-electron chi connectivity index (χ4n) is 4.49. The molecule has 0 saturated heterocycles. The maximum Gasteiger partial charge on any atom is 0.336 e. The van der Waals surface area contributed by atoms with Crippen molar-refractivity contribution in [3.8, 4) is 5.75 Å². The summed E-state index contributed by atoms with van der Waals surface area (Å²) in [6.07, 6.45) is 6.49. The molecule has 1 N–H and O–H groups in total. The first-order valence-corrected chi connectivity index (χ1v) is 12.5. The standard InChI is InChI=1S/C30H23BrN2O4/c31-24-13-15-27(37-28(34)16-14-25-12-7-17-36-25)21(18-24)20-32-33-29(35)26-19-30(26,22-8-3-1-4-9-22)23-10-5-2-6-11-23/h1-18,20,26H,19H2,(H,33,35)/b16-14+,32-20?/t26-/m0/s1. The molecule has 3 aromatic carbocycles. The molecule has 1 fully saturated rings. The maximum absolute atomic E-state index is 13.1. The van der Waals surface area contributed by atoms with Crippen LogP contribution in [0.1, 0.15) is 28.9 Å². The molecule has 6 nitrogen and oxygen atoms in total. The fraction of sp³-hybridized carbons (Fsp3) is 0.100. The Labute approximate surface area is 222 Å². The number of benzene rings is 3. The summed E-state index contributed by atoms with van der Waals surface area (Å²) in [5, 5.41) is 4.18. The molecule has 7 heteroatoms. The highest BCUT2D eigenvalue weighted by Gasteiger charge is 2.60. The SMILES string of the molecule is O=C(/C=C/c1ccco1)Oc1ccc(Br)cc1C=NNC(=O)[C@@H]1CC1(c1ccccc1)c1ccccc1. The minimum absolute atomic E-state index is 0.168. The van der Waals surface area contributed by atoms with Crippen LogP contribution in [0.5, 0.6) is 5.75 Å². The summed E-state index contributed by atoms with van der Waals surface area (Å²) < 4.78 is 11.4. The lowest BCUT2D eigenvalue weighted by Crippen LogP contribution is -2.25. The number of esters is 1. The summed E-state index contributed by atoms with van der Waals surface area (Å²) in [6.45, 7) is 0. The molecular formula is C30H23BrN2O4. The third kappa shape index (κ3) is 5.47. The number of hydrogen-bond donors (Lipinski definition) is 1. The average Bonchev–Trinajstić information content (AvgIpc) is 3.48. The second-order valence-corrected chi connectivity index (χ2v) is 9.56. The van der Waals surface area contributed by atoms with Crippen molar-refractivity contribution < 1.29 is 18.7 Å². The van der Waals surface area contributed by atoms with Gasteiger partial charge in [-0.3, -0.25) is 4.79 Å². The molecule has 1 atom stereocenters. The first kappa shape index (κ1) is 24.5. The van der Waals surface area contributed by atoms with E-state index in [1.165, 1.54) is 24.6 Å². The second kappa shape index (κ2) is 10.8. The van der Waals surface area contributed by atoms with E-state index >= 15 is 0 Å². The number of rotatable bonds is 8. The zero-order chi connectivity index (χ0) is 25.7. The Morgan fingerprint density at radius 2 is 1.68 bits per heavy atom. The van der Waals surface area contributed by atoms with Crippen LogP contribution in [0.4, 0.5) is 0 Å². The third-order valence-electron chi connectivity index (χ3n) is 6.34. The normalized spacial score (nSPS) is 16.1. The van der Waals surface area contributed by atoms with Gasteiger partial charge in [0.1, 0.15) is 11.5 Å². The van der Waals surface area contributed by atoms with E-state index in [0.29, 0.717) is 23.5 Å². The van der Waals surface area contributed by atoms with Crippen LogP contribution in [0.3, 0.4) is 0 Å². The topological polar surface area (TPSA) is 80.9 Å². The van der Waals surface area contributed by atoms with Gasteiger partial charge in [-0.25, -0.2) is 10.2 Å². The van der Waals surface area contributed by atoms with Crippen molar-refractivity contribution in [2.45, 2.75) is 11.8 Å². The summed E-state index contributed by atoms with van der Waals surface area (Å²) in [7, 11) is 0. The van der Waals surface area contributed by atoms with Gasteiger partial charge in [0.05, 0.1) is 18.4 Å². The van der Waals surface area contributed by atoms with E-state index in [1.54, 1.807) is 30.3 Å². The Morgan fingerprint density at radius 3 is 2.32 bits per heavy atom. The van der Waals surface area contributed by atoms with E-state index in [0.717, 1.165) is 15.6 Å². The molecule has 0 spiro atoms. The van der Waals surface area contributed by atoms with Crippen LogP contribution >= 0.6 is 15.9 Å². The van der Waals surface area contributed by atoms with Crippen molar-refractivity contribution in [1.29, 1.82) is 0 Å². The zero-order valence-corrected chi connectivity index (χ0v) is 21.3. The summed E-state index contributed by atoms with van der Waals surface area (Å²) in [5.74, 6) is -0.130. The van der Waals surface area contributed by atoms with E-state index in [4.69, 9.17) is 9.15 Å². The maximum atomic E-state index is 13.1. The minimum atomic E-state index is -0.564. The van der Waals surface area contributed by atoms with Gasteiger partial charge in [0, 0.05) is 21.5 Å². The first-order chi connectivity index (χ1) is 18.1. The highest BCUT2D eigenvalue weighted by atomic mass is 79.9. The Hall–Kier alpha value is -4.23. The smallest absolute Gasteiger partial charge is 0.336 e. The summed E-state index contributed by atoms with van der Waals surface area (Å²) >= 11 is 3.42. The Balaban J connectivity index is 1.29.